The molecule has 9 nitrogen and oxygen atoms in total. The molecule has 4 aliphatic rings. The van der Waals surface area contributed by atoms with Crippen LogP contribution in [-0.4, -0.2) is 51.7 Å². The second-order valence-corrected chi connectivity index (χ2v) is 8.95. The maximum absolute atomic E-state index is 12.8. The fraction of sp³-hybridized carbons (Fsp3) is 0.750. The number of amides is 6. The summed E-state index contributed by atoms with van der Waals surface area (Å²) in [5.41, 5.74) is 1.44. The third kappa shape index (κ3) is 3.40. The van der Waals surface area contributed by atoms with E-state index in [1.807, 2.05) is 0 Å². The molecule has 1 spiro atoms. The first-order valence-electron chi connectivity index (χ1n) is 10.6. The van der Waals surface area contributed by atoms with Crippen molar-refractivity contribution in [1.82, 2.24) is 20.7 Å². The number of urea groups is 1. The average Bonchev–Trinajstić information content (AvgIpc) is 3.09. The van der Waals surface area contributed by atoms with Gasteiger partial charge in [-0.15, -0.1) is 0 Å². The summed E-state index contributed by atoms with van der Waals surface area (Å²) in [5, 5.41) is 3.50. The van der Waals surface area contributed by atoms with Gasteiger partial charge in [0.2, 0.25) is 17.7 Å². The highest BCUT2D eigenvalue weighted by atomic mass is 16.2. The SMILES string of the molecule is CC1CCC2(CC1)NC(=O)N(NC(=O)CCN1C(=O)[C@H]3CCCC[C@H]3C1=O)C2=O. The summed E-state index contributed by atoms with van der Waals surface area (Å²) in [6.45, 7) is 2.09. The lowest BCUT2D eigenvalue weighted by Gasteiger charge is -2.33. The van der Waals surface area contributed by atoms with E-state index in [0.29, 0.717) is 18.8 Å². The van der Waals surface area contributed by atoms with Crippen molar-refractivity contribution in [3.05, 3.63) is 0 Å². The van der Waals surface area contributed by atoms with Crippen LogP contribution in [0.3, 0.4) is 0 Å². The van der Waals surface area contributed by atoms with E-state index in [0.717, 1.165) is 43.5 Å². The quantitative estimate of drug-likeness (QED) is 0.537. The zero-order chi connectivity index (χ0) is 20.8. The predicted octanol–water partition coefficient (Wildman–Crippen LogP) is 1.08. The molecule has 158 valence electrons. The summed E-state index contributed by atoms with van der Waals surface area (Å²) < 4.78 is 0. The highest BCUT2D eigenvalue weighted by Crippen LogP contribution is 2.38. The molecule has 2 N–H and O–H groups in total. The highest BCUT2D eigenvalue weighted by molar-refractivity contribution is 6.08. The van der Waals surface area contributed by atoms with Gasteiger partial charge in [-0.25, -0.2) is 4.79 Å². The summed E-state index contributed by atoms with van der Waals surface area (Å²) in [6, 6.07) is -0.628. The van der Waals surface area contributed by atoms with Gasteiger partial charge in [0.15, 0.2) is 0 Å². The number of nitrogens with zero attached hydrogens (tertiary/aromatic N) is 2. The molecule has 0 bridgehead atoms. The summed E-state index contributed by atoms with van der Waals surface area (Å²) in [5.74, 6) is -1.38. The van der Waals surface area contributed by atoms with Crippen molar-refractivity contribution in [2.24, 2.45) is 17.8 Å². The second kappa shape index (κ2) is 7.42. The minimum atomic E-state index is -0.923. The number of rotatable bonds is 4. The molecular weight excluding hydrogens is 376 g/mol. The van der Waals surface area contributed by atoms with E-state index in [9.17, 15) is 24.0 Å². The molecule has 4 rings (SSSR count). The summed E-state index contributed by atoms with van der Waals surface area (Å²) in [6.07, 6.45) is 6.00. The van der Waals surface area contributed by atoms with Gasteiger partial charge in [0.05, 0.1) is 11.8 Å². The zero-order valence-corrected chi connectivity index (χ0v) is 16.7. The van der Waals surface area contributed by atoms with Crippen LogP contribution < -0.4 is 10.7 Å². The highest BCUT2D eigenvalue weighted by Gasteiger charge is 2.53. The lowest BCUT2D eigenvalue weighted by molar-refractivity contribution is -0.142. The van der Waals surface area contributed by atoms with Crippen molar-refractivity contribution >= 4 is 29.7 Å². The normalized spacial score (nSPS) is 34.6. The number of carbonyl (C=O) groups is 5. The Labute approximate surface area is 169 Å². The molecule has 2 saturated heterocycles. The Balaban J connectivity index is 1.33. The van der Waals surface area contributed by atoms with E-state index in [4.69, 9.17) is 0 Å². The fourth-order valence-electron chi connectivity index (χ4n) is 5.16. The smallest absolute Gasteiger partial charge is 0.322 e. The largest absolute Gasteiger partial charge is 0.344 e. The number of hydrazine groups is 1. The Bertz CT molecular complexity index is 734. The van der Waals surface area contributed by atoms with Gasteiger partial charge in [0.1, 0.15) is 5.54 Å². The minimum Gasteiger partial charge on any atom is -0.322 e. The van der Waals surface area contributed by atoms with E-state index in [1.54, 1.807) is 0 Å². The average molecular weight is 404 g/mol. The van der Waals surface area contributed by atoms with Crippen LogP contribution in [0.15, 0.2) is 0 Å². The number of hydrogen-bond acceptors (Lipinski definition) is 5. The van der Waals surface area contributed by atoms with Gasteiger partial charge in [-0.1, -0.05) is 19.8 Å². The maximum atomic E-state index is 12.8. The molecule has 4 fully saturated rings. The molecule has 9 heteroatoms. The first-order chi connectivity index (χ1) is 13.8. The first kappa shape index (κ1) is 19.8. The number of hydrogen-bond donors (Lipinski definition) is 2. The van der Waals surface area contributed by atoms with Crippen molar-refractivity contribution in [2.75, 3.05) is 6.54 Å². The molecule has 0 aromatic carbocycles. The van der Waals surface area contributed by atoms with Crippen molar-refractivity contribution in [3.8, 4) is 0 Å². The molecule has 2 atom stereocenters. The van der Waals surface area contributed by atoms with Gasteiger partial charge in [0, 0.05) is 13.0 Å². The van der Waals surface area contributed by atoms with Crippen LogP contribution in [0.5, 0.6) is 0 Å². The summed E-state index contributed by atoms with van der Waals surface area (Å²) >= 11 is 0. The van der Waals surface area contributed by atoms with E-state index >= 15 is 0 Å². The van der Waals surface area contributed by atoms with Gasteiger partial charge < -0.3 is 5.32 Å². The van der Waals surface area contributed by atoms with Crippen LogP contribution in [0.4, 0.5) is 4.79 Å². The Morgan fingerprint density at radius 3 is 2.21 bits per heavy atom. The molecule has 0 unspecified atom stereocenters. The van der Waals surface area contributed by atoms with Crippen LogP contribution in [0.1, 0.15) is 64.7 Å². The Kier molecular flexibility index (Phi) is 5.08. The van der Waals surface area contributed by atoms with Crippen molar-refractivity contribution < 1.29 is 24.0 Å². The van der Waals surface area contributed by atoms with Crippen molar-refractivity contribution in [2.45, 2.75) is 70.3 Å². The lowest BCUT2D eigenvalue weighted by atomic mass is 9.77. The Morgan fingerprint density at radius 1 is 1.03 bits per heavy atom. The van der Waals surface area contributed by atoms with Crippen LogP contribution >= 0.6 is 0 Å². The zero-order valence-electron chi connectivity index (χ0n) is 16.7. The van der Waals surface area contributed by atoms with Gasteiger partial charge >= 0.3 is 6.03 Å². The van der Waals surface area contributed by atoms with Crippen LogP contribution in [0.2, 0.25) is 0 Å². The van der Waals surface area contributed by atoms with Gasteiger partial charge in [-0.2, -0.15) is 5.01 Å². The topological polar surface area (TPSA) is 116 Å². The number of carbonyl (C=O) groups excluding carboxylic acids is 5. The third-order valence-electron chi connectivity index (χ3n) is 7.02. The first-order valence-corrected chi connectivity index (χ1v) is 10.6. The Hall–Kier alpha value is -2.45. The van der Waals surface area contributed by atoms with Crippen molar-refractivity contribution in [1.29, 1.82) is 0 Å². The van der Waals surface area contributed by atoms with Gasteiger partial charge in [0.25, 0.3) is 5.91 Å². The van der Waals surface area contributed by atoms with Gasteiger partial charge in [-0.3, -0.25) is 29.5 Å². The monoisotopic (exact) mass is 404 g/mol. The number of fused-ring (bicyclic) bond motifs is 1. The minimum absolute atomic E-state index is 0.0250. The van der Waals surface area contributed by atoms with Crippen LogP contribution in [0.25, 0.3) is 0 Å². The standard InChI is InChI=1S/C20H28N4O5/c1-12-6-9-20(10-7-12)18(28)24(19(29)21-20)22-15(25)8-11-23-16(26)13-4-2-3-5-14(13)17(23)27/h12-14H,2-11H2,1H3,(H,21,29)(H,22,25)/t12?,13-,14+,20?. The predicted molar refractivity (Wildman–Crippen MR) is 101 cm³/mol. The molecule has 2 saturated carbocycles. The van der Waals surface area contributed by atoms with Crippen molar-refractivity contribution in [3.63, 3.8) is 0 Å². The third-order valence-corrected chi connectivity index (χ3v) is 7.02. The van der Waals surface area contributed by atoms with E-state index < -0.39 is 23.4 Å². The molecule has 2 aliphatic carbocycles. The molecule has 6 amide bonds. The number of imide groups is 2. The fourth-order valence-corrected chi connectivity index (χ4v) is 5.16. The molecule has 0 aromatic rings. The number of likely N-dealkylation sites (tertiary alicyclic amines) is 1. The Morgan fingerprint density at radius 2 is 1.62 bits per heavy atom. The molecular formula is C20H28N4O5. The maximum Gasteiger partial charge on any atom is 0.344 e. The second-order valence-electron chi connectivity index (χ2n) is 8.95. The number of nitrogens with one attached hydrogen (secondary N) is 2. The van der Waals surface area contributed by atoms with E-state index in [2.05, 4.69) is 17.7 Å². The van der Waals surface area contributed by atoms with Crippen LogP contribution in [0, 0.1) is 17.8 Å². The summed E-state index contributed by atoms with van der Waals surface area (Å²) in [4.78, 5) is 63.6. The lowest BCUT2D eigenvalue weighted by Crippen LogP contribution is -2.51. The molecule has 29 heavy (non-hydrogen) atoms. The van der Waals surface area contributed by atoms with Crippen LogP contribution in [-0.2, 0) is 19.2 Å². The summed E-state index contributed by atoms with van der Waals surface area (Å²) in [7, 11) is 0. The molecule has 2 heterocycles. The molecule has 2 aliphatic heterocycles. The van der Waals surface area contributed by atoms with E-state index in [-0.39, 0.29) is 36.6 Å². The molecule has 0 aromatic heterocycles. The van der Waals surface area contributed by atoms with Gasteiger partial charge in [-0.05, 0) is 44.4 Å². The molecule has 0 radical (unpaired) electrons. The van der Waals surface area contributed by atoms with E-state index in [1.165, 1.54) is 4.90 Å².